The predicted molar refractivity (Wildman–Crippen MR) is 179 cm³/mol. The number of fused-ring (bicyclic) bond motifs is 11. The van der Waals surface area contributed by atoms with E-state index in [1.807, 2.05) is 60.7 Å². The predicted octanol–water partition coefficient (Wildman–Crippen LogP) is 9.21. The van der Waals surface area contributed by atoms with Crippen LogP contribution in [-0.4, -0.2) is 28.0 Å². The summed E-state index contributed by atoms with van der Waals surface area (Å²) in [6.45, 7) is 7.08. The molecule has 0 aliphatic carbocycles. The van der Waals surface area contributed by atoms with Crippen LogP contribution in [0.3, 0.4) is 0 Å². The van der Waals surface area contributed by atoms with Gasteiger partial charge in [-0.05, 0) is 57.9 Å². The van der Waals surface area contributed by atoms with Crippen molar-refractivity contribution < 1.29 is 14.3 Å². The molecule has 8 rings (SSSR count). The first-order valence-electron chi connectivity index (χ1n) is 15.7. The summed E-state index contributed by atoms with van der Waals surface area (Å²) in [5.74, 6) is 1.82. The lowest BCUT2D eigenvalue weighted by atomic mass is 9.67. The lowest BCUT2D eigenvalue weighted by molar-refractivity contribution is -0.0316. The fourth-order valence-corrected chi connectivity index (χ4v) is 7.31. The number of aromatic nitrogens is 2. The van der Waals surface area contributed by atoms with Gasteiger partial charge in [-0.1, -0.05) is 84.4 Å². The zero-order valence-electron chi connectivity index (χ0n) is 25.7. The van der Waals surface area contributed by atoms with Crippen molar-refractivity contribution in [3.8, 4) is 11.5 Å². The SMILES string of the molecule is CC(C)=CCCC1(C)Oc2c(c3nc4cc(C(=O)c5ccccc5)ccc4nc3c3ccccc23)C2c3ccccc3OCC21. The quantitative estimate of drug-likeness (QED) is 0.0867. The van der Waals surface area contributed by atoms with Gasteiger partial charge in [-0.3, -0.25) is 4.79 Å². The number of nitrogens with zero attached hydrogens (tertiary/aromatic N) is 2. The molecule has 6 aromatic rings. The van der Waals surface area contributed by atoms with Gasteiger partial charge < -0.3 is 9.47 Å². The van der Waals surface area contributed by atoms with Crippen molar-refractivity contribution in [2.45, 2.75) is 45.1 Å². The second-order valence-electron chi connectivity index (χ2n) is 12.8. The third kappa shape index (κ3) is 4.49. The van der Waals surface area contributed by atoms with Crippen molar-refractivity contribution in [2.24, 2.45) is 5.92 Å². The highest BCUT2D eigenvalue weighted by Gasteiger charge is 2.51. The Morgan fingerprint density at radius 3 is 2.40 bits per heavy atom. The molecule has 3 atom stereocenters. The number of para-hydroxylation sites is 1. The zero-order chi connectivity index (χ0) is 30.7. The fraction of sp³-hybridized carbons (Fsp3) is 0.225. The Morgan fingerprint density at radius 2 is 1.58 bits per heavy atom. The minimum Gasteiger partial charge on any atom is -0.493 e. The van der Waals surface area contributed by atoms with Crippen LogP contribution >= 0.6 is 0 Å². The van der Waals surface area contributed by atoms with E-state index in [1.54, 1.807) is 0 Å². The van der Waals surface area contributed by atoms with E-state index in [0.29, 0.717) is 23.3 Å². The number of allylic oxidation sites excluding steroid dienone is 2. The van der Waals surface area contributed by atoms with E-state index >= 15 is 0 Å². The molecule has 0 spiro atoms. The normalized spacial score (nSPS) is 20.1. The Hall–Kier alpha value is -5.03. The number of carbonyl (C=O) groups excluding carboxylic acids is 1. The minimum atomic E-state index is -0.465. The standard InChI is InChI=1S/C40H34N2O3/c1-24(2)12-11-21-40(3)30-23-44-33-18-10-9-17-29(33)34(30)35-37-36(27-15-7-8-16-28(27)39(35)45-40)41-31-20-19-26(22-32(31)42-37)38(43)25-13-5-4-6-14-25/h4-10,12-20,22,30,34H,11,21,23H2,1-3H3. The van der Waals surface area contributed by atoms with Gasteiger partial charge >= 0.3 is 0 Å². The first-order chi connectivity index (χ1) is 21.9. The largest absolute Gasteiger partial charge is 0.493 e. The average molecular weight is 591 g/mol. The molecular formula is C40H34N2O3. The van der Waals surface area contributed by atoms with Crippen LogP contribution in [0.25, 0.3) is 32.8 Å². The van der Waals surface area contributed by atoms with Crippen LogP contribution in [0.5, 0.6) is 11.5 Å². The highest BCUT2D eigenvalue weighted by Crippen LogP contribution is 2.57. The van der Waals surface area contributed by atoms with E-state index in [9.17, 15) is 4.79 Å². The highest BCUT2D eigenvalue weighted by molar-refractivity contribution is 6.13. The second-order valence-corrected chi connectivity index (χ2v) is 12.8. The number of rotatable bonds is 5. The van der Waals surface area contributed by atoms with Crippen molar-refractivity contribution >= 4 is 38.6 Å². The van der Waals surface area contributed by atoms with Gasteiger partial charge in [0.2, 0.25) is 0 Å². The maximum atomic E-state index is 13.4. The molecule has 1 aromatic heterocycles. The van der Waals surface area contributed by atoms with Gasteiger partial charge in [0.15, 0.2) is 5.78 Å². The molecule has 0 fully saturated rings. The number of hydrogen-bond acceptors (Lipinski definition) is 5. The topological polar surface area (TPSA) is 61.3 Å². The van der Waals surface area contributed by atoms with E-state index in [2.05, 4.69) is 63.2 Å². The van der Waals surface area contributed by atoms with E-state index in [1.165, 1.54) is 5.57 Å². The van der Waals surface area contributed by atoms with Crippen molar-refractivity contribution in [1.29, 1.82) is 0 Å². The Balaban J connectivity index is 1.40. The maximum absolute atomic E-state index is 13.4. The summed E-state index contributed by atoms with van der Waals surface area (Å²) in [4.78, 5) is 23.9. The number of carbonyl (C=O) groups is 1. The molecule has 5 heteroatoms. The van der Waals surface area contributed by atoms with Crippen LogP contribution in [-0.2, 0) is 0 Å². The molecular weight excluding hydrogens is 556 g/mol. The van der Waals surface area contributed by atoms with Gasteiger partial charge in [0, 0.05) is 44.9 Å². The molecule has 222 valence electrons. The Morgan fingerprint density at radius 1 is 0.844 bits per heavy atom. The van der Waals surface area contributed by atoms with Gasteiger partial charge in [0.1, 0.15) is 17.1 Å². The molecule has 5 nitrogen and oxygen atoms in total. The number of ether oxygens (including phenoxy) is 2. The van der Waals surface area contributed by atoms with Gasteiger partial charge in [0.25, 0.3) is 0 Å². The van der Waals surface area contributed by atoms with Gasteiger partial charge in [-0.25, -0.2) is 9.97 Å². The van der Waals surface area contributed by atoms with Crippen molar-refractivity contribution in [3.05, 3.63) is 131 Å². The molecule has 5 aromatic carbocycles. The average Bonchev–Trinajstić information content (AvgIpc) is 3.07. The van der Waals surface area contributed by atoms with Crippen LogP contribution in [0.15, 0.2) is 109 Å². The third-order valence-electron chi connectivity index (χ3n) is 9.59. The van der Waals surface area contributed by atoms with Crippen LogP contribution in [0.4, 0.5) is 0 Å². The smallest absolute Gasteiger partial charge is 0.193 e. The van der Waals surface area contributed by atoms with Crippen molar-refractivity contribution in [3.63, 3.8) is 0 Å². The first kappa shape index (κ1) is 27.5. The van der Waals surface area contributed by atoms with Gasteiger partial charge in [-0.15, -0.1) is 0 Å². The lowest BCUT2D eigenvalue weighted by Crippen LogP contribution is -2.51. The minimum absolute atomic E-state index is 0.00314. The lowest BCUT2D eigenvalue weighted by Gasteiger charge is -2.49. The fourth-order valence-electron chi connectivity index (χ4n) is 7.31. The van der Waals surface area contributed by atoms with Crippen LogP contribution in [0.1, 0.15) is 66.6 Å². The molecule has 0 bridgehead atoms. The molecule has 0 saturated carbocycles. The van der Waals surface area contributed by atoms with Crippen molar-refractivity contribution in [2.75, 3.05) is 6.61 Å². The van der Waals surface area contributed by atoms with Crippen LogP contribution in [0, 0.1) is 5.92 Å². The first-order valence-corrected chi connectivity index (χ1v) is 15.7. The number of benzene rings is 5. The molecule has 0 saturated heterocycles. The summed E-state index contributed by atoms with van der Waals surface area (Å²) < 4.78 is 13.6. The summed E-state index contributed by atoms with van der Waals surface area (Å²) in [7, 11) is 0. The summed E-state index contributed by atoms with van der Waals surface area (Å²) >= 11 is 0. The summed E-state index contributed by atoms with van der Waals surface area (Å²) in [5.41, 5.74) is 7.40. The molecule has 2 aliphatic rings. The summed E-state index contributed by atoms with van der Waals surface area (Å²) in [5, 5.41) is 2.05. The number of hydrogen-bond donors (Lipinski definition) is 0. The molecule has 3 unspecified atom stereocenters. The summed E-state index contributed by atoms with van der Waals surface area (Å²) in [6.07, 6.45) is 4.08. The molecule has 0 amide bonds. The Bertz CT molecular complexity index is 2170. The van der Waals surface area contributed by atoms with E-state index in [0.717, 1.165) is 62.8 Å². The molecule has 45 heavy (non-hydrogen) atoms. The Kier molecular flexibility index (Phi) is 6.45. The highest BCUT2D eigenvalue weighted by atomic mass is 16.5. The van der Waals surface area contributed by atoms with Gasteiger partial charge in [0.05, 0.1) is 28.7 Å². The molecule has 0 N–H and O–H groups in total. The van der Waals surface area contributed by atoms with Crippen LogP contribution < -0.4 is 9.47 Å². The summed E-state index contributed by atoms with van der Waals surface area (Å²) in [6, 6.07) is 31.7. The van der Waals surface area contributed by atoms with Gasteiger partial charge in [-0.2, -0.15) is 0 Å². The number of ketones is 1. The molecule has 3 heterocycles. The molecule has 0 radical (unpaired) electrons. The molecule has 2 aliphatic heterocycles. The zero-order valence-corrected chi connectivity index (χ0v) is 25.7. The Labute approximate surface area is 262 Å². The monoisotopic (exact) mass is 590 g/mol. The van der Waals surface area contributed by atoms with E-state index in [4.69, 9.17) is 19.4 Å². The van der Waals surface area contributed by atoms with E-state index < -0.39 is 5.60 Å². The maximum Gasteiger partial charge on any atom is 0.193 e. The van der Waals surface area contributed by atoms with E-state index in [-0.39, 0.29) is 17.6 Å². The van der Waals surface area contributed by atoms with Crippen molar-refractivity contribution in [1.82, 2.24) is 9.97 Å². The second kappa shape index (κ2) is 10.6. The van der Waals surface area contributed by atoms with Crippen LogP contribution in [0.2, 0.25) is 0 Å². The third-order valence-corrected chi connectivity index (χ3v) is 9.59.